The molecule has 0 spiro atoms. The third-order valence-corrected chi connectivity index (χ3v) is 4.81. The highest BCUT2D eigenvalue weighted by Crippen LogP contribution is 2.41. The van der Waals surface area contributed by atoms with E-state index in [-0.39, 0.29) is 56.2 Å². The lowest BCUT2D eigenvalue weighted by atomic mass is 9.82. The van der Waals surface area contributed by atoms with Crippen molar-refractivity contribution in [1.82, 2.24) is 0 Å². The Morgan fingerprint density at radius 2 is 1.50 bits per heavy atom. The number of benzene rings is 2. The second kappa shape index (κ2) is 6.84. The second-order valence-corrected chi connectivity index (χ2v) is 6.73. The Labute approximate surface area is 170 Å². The first-order valence-electron chi connectivity index (χ1n) is 8.92. The van der Waals surface area contributed by atoms with Gasteiger partial charge in [0.05, 0.1) is 25.3 Å². The number of esters is 1. The molecule has 2 aromatic carbocycles. The fourth-order valence-corrected chi connectivity index (χ4v) is 3.64. The van der Waals surface area contributed by atoms with Gasteiger partial charge in [0, 0.05) is 30.2 Å². The van der Waals surface area contributed by atoms with E-state index in [1.807, 2.05) is 0 Å². The van der Waals surface area contributed by atoms with E-state index in [1.54, 1.807) is 6.92 Å². The van der Waals surface area contributed by atoms with Crippen molar-refractivity contribution in [2.75, 3.05) is 14.2 Å². The number of aryl methyl sites for hydroxylation is 1. The molecule has 1 aliphatic rings. The quantitative estimate of drug-likeness (QED) is 0.376. The van der Waals surface area contributed by atoms with Crippen molar-refractivity contribution >= 4 is 28.5 Å². The van der Waals surface area contributed by atoms with Crippen LogP contribution in [0.2, 0.25) is 0 Å². The van der Waals surface area contributed by atoms with E-state index in [2.05, 4.69) is 0 Å². The predicted molar refractivity (Wildman–Crippen MR) is 105 cm³/mol. The zero-order valence-corrected chi connectivity index (χ0v) is 16.6. The van der Waals surface area contributed by atoms with Crippen LogP contribution in [-0.4, -0.2) is 31.8 Å². The fraction of sp³-hybridized carbons (Fsp3) is 0.182. The Morgan fingerprint density at radius 3 is 2.13 bits per heavy atom. The molecule has 30 heavy (non-hydrogen) atoms. The normalized spacial score (nSPS) is 12.4. The Morgan fingerprint density at radius 1 is 0.867 bits per heavy atom. The molecule has 0 bridgehead atoms. The highest BCUT2D eigenvalue weighted by atomic mass is 16.5. The molecule has 8 nitrogen and oxygen atoms in total. The van der Waals surface area contributed by atoms with Crippen LogP contribution in [0.3, 0.4) is 0 Å². The number of hydrogen-bond acceptors (Lipinski definition) is 8. The zero-order chi connectivity index (χ0) is 21.7. The SMILES string of the molecule is COc1cc(OC(C)=O)cc2c1C(=O)c1cc(OC)c3c(=O)cc(C)oc3c1C2=O. The molecule has 0 radical (unpaired) electrons. The minimum Gasteiger partial charge on any atom is -0.496 e. The van der Waals surface area contributed by atoms with Gasteiger partial charge in [0.15, 0.2) is 22.6 Å². The predicted octanol–water partition coefficient (Wildman–Crippen LogP) is 2.82. The number of ether oxygens (including phenoxy) is 3. The van der Waals surface area contributed by atoms with E-state index in [1.165, 1.54) is 45.4 Å². The Bertz CT molecular complexity index is 1330. The number of hydrogen-bond donors (Lipinski definition) is 0. The van der Waals surface area contributed by atoms with E-state index in [0.29, 0.717) is 0 Å². The molecule has 0 unspecified atom stereocenters. The van der Waals surface area contributed by atoms with Crippen molar-refractivity contribution in [2.24, 2.45) is 0 Å². The van der Waals surface area contributed by atoms with Gasteiger partial charge in [0.1, 0.15) is 28.4 Å². The lowest BCUT2D eigenvalue weighted by Crippen LogP contribution is -2.23. The average molecular weight is 408 g/mol. The van der Waals surface area contributed by atoms with Crippen molar-refractivity contribution in [2.45, 2.75) is 13.8 Å². The Kier molecular flexibility index (Phi) is 4.42. The van der Waals surface area contributed by atoms with Crippen LogP contribution in [0.5, 0.6) is 17.2 Å². The summed E-state index contributed by atoms with van der Waals surface area (Å²) in [5.74, 6) is -1.12. The molecule has 0 saturated heterocycles. The minimum absolute atomic E-state index is 0.0151. The molecule has 0 N–H and O–H groups in total. The maximum Gasteiger partial charge on any atom is 0.308 e. The first-order valence-corrected chi connectivity index (χ1v) is 8.92. The van der Waals surface area contributed by atoms with Crippen molar-refractivity contribution in [1.29, 1.82) is 0 Å². The van der Waals surface area contributed by atoms with Gasteiger partial charge in [-0.15, -0.1) is 0 Å². The summed E-state index contributed by atoms with van der Waals surface area (Å²) in [5, 5.41) is 0.0644. The maximum atomic E-state index is 13.4. The molecule has 152 valence electrons. The van der Waals surface area contributed by atoms with Crippen LogP contribution in [-0.2, 0) is 4.79 Å². The monoisotopic (exact) mass is 408 g/mol. The van der Waals surface area contributed by atoms with Gasteiger partial charge < -0.3 is 18.6 Å². The maximum absolute atomic E-state index is 13.4. The van der Waals surface area contributed by atoms with Crippen molar-refractivity contribution < 1.29 is 33.0 Å². The third-order valence-electron chi connectivity index (χ3n) is 4.81. The highest BCUT2D eigenvalue weighted by molar-refractivity contribution is 6.32. The van der Waals surface area contributed by atoms with E-state index in [0.717, 1.165) is 0 Å². The van der Waals surface area contributed by atoms with E-state index >= 15 is 0 Å². The van der Waals surface area contributed by atoms with E-state index in [9.17, 15) is 19.2 Å². The van der Waals surface area contributed by atoms with Gasteiger partial charge in [-0.3, -0.25) is 19.2 Å². The third kappa shape index (κ3) is 2.76. The molecular formula is C22H16O8. The first kappa shape index (κ1) is 19.4. The summed E-state index contributed by atoms with van der Waals surface area (Å²) in [4.78, 5) is 50.7. The van der Waals surface area contributed by atoms with Crippen molar-refractivity contribution in [3.05, 3.63) is 62.5 Å². The molecule has 3 aromatic rings. The van der Waals surface area contributed by atoms with Gasteiger partial charge in [0.25, 0.3) is 0 Å². The Balaban J connectivity index is 2.10. The zero-order valence-electron chi connectivity index (χ0n) is 16.6. The number of methoxy groups -OCH3 is 2. The fourth-order valence-electron chi connectivity index (χ4n) is 3.64. The summed E-state index contributed by atoms with van der Waals surface area (Å²) in [7, 11) is 2.69. The average Bonchev–Trinajstić information content (AvgIpc) is 2.69. The van der Waals surface area contributed by atoms with Gasteiger partial charge in [-0.25, -0.2) is 0 Å². The second-order valence-electron chi connectivity index (χ2n) is 6.73. The number of fused-ring (bicyclic) bond motifs is 4. The summed E-state index contributed by atoms with van der Waals surface area (Å²) < 4.78 is 21.4. The molecule has 1 aliphatic carbocycles. The molecule has 1 heterocycles. The van der Waals surface area contributed by atoms with E-state index in [4.69, 9.17) is 18.6 Å². The number of ketones is 2. The number of carbonyl (C=O) groups is 3. The first-order chi connectivity index (χ1) is 14.3. The molecule has 0 fully saturated rings. The van der Waals surface area contributed by atoms with Crippen LogP contribution in [0.4, 0.5) is 0 Å². The molecule has 4 rings (SSSR count). The van der Waals surface area contributed by atoms with Crippen LogP contribution >= 0.6 is 0 Å². The molecule has 0 saturated carbocycles. The Hall–Kier alpha value is -3.94. The minimum atomic E-state index is -0.594. The molecule has 8 heteroatoms. The van der Waals surface area contributed by atoms with Crippen LogP contribution in [0, 0.1) is 6.92 Å². The molecule has 1 aromatic heterocycles. The summed E-state index contributed by atoms with van der Waals surface area (Å²) >= 11 is 0. The van der Waals surface area contributed by atoms with Gasteiger partial charge in [-0.1, -0.05) is 0 Å². The standard InChI is InChI=1S/C22H16O8/c1-9-5-14(24)19-16(28-4)8-13-18(22(19)29-9)21(26)12-6-11(30-10(2)23)7-15(27-3)17(12)20(13)25/h5-8H,1-4H3. The molecule has 0 atom stereocenters. The summed E-state index contributed by atoms with van der Waals surface area (Å²) in [6, 6.07) is 5.29. The van der Waals surface area contributed by atoms with Gasteiger partial charge in [-0.05, 0) is 19.1 Å². The van der Waals surface area contributed by atoms with Gasteiger partial charge in [-0.2, -0.15) is 0 Å². The smallest absolute Gasteiger partial charge is 0.308 e. The molecule has 0 aliphatic heterocycles. The lowest BCUT2D eigenvalue weighted by Gasteiger charge is -2.22. The van der Waals surface area contributed by atoms with Crippen LogP contribution in [0.25, 0.3) is 11.0 Å². The molecular weight excluding hydrogens is 392 g/mol. The molecule has 0 amide bonds. The topological polar surface area (TPSA) is 109 Å². The van der Waals surface area contributed by atoms with Gasteiger partial charge in [0.2, 0.25) is 0 Å². The summed E-state index contributed by atoms with van der Waals surface area (Å²) in [6.07, 6.45) is 0. The van der Waals surface area contributed by atoms with E-state index < -0.39 is 23.0 Å². The number of rotatable bonds is 3. The van der Waals surface area contributed by atoms with Crippen LogP contribution < -0.4 is 19.6 Å². The van der Waals surface area contributed by atoms with Crippen LogP contribution in [0.15, 0.2) is 33.5 Å². The van der Waals surface area contributed by atoms with Crippen molar-refractivity contribution in [3.63, 3.8) is 0 Å². The van der Waals surface area contributed by atoms with Crippen LogP contribution in [0.1, 0.15) is 44.5 Å². The van der Waals surface area contributed by atoms with Gasteiger partial charge >= 0.3 is 5.97 Å². The van der Waals surface area contributed by atoms with Crippen molar-refractivity contribution in [3.8, 4) is 17.2 Å². The largest absolute Gasteiger partial charge is 0.496 e. The summed E-state index contributed by atoms with van der Waals surface area (Å²) in [6.45, 7) is 2.78. The number of carbonyl (C=O) groups excluding carboxylic acids is 3. The lowest BCUT2D eigenvalue weighted by molar-refractivity contribution is -0.131. The highest BCUT2D eigenvalue weighted by Gasteiger charge is 2.37. The summed E-state index contributed by atoms with van der Waals surface area (Å²) in [5.41, 5.74) is -0.433.